The predicted octanol–water partition coefficient (Wildman–Crippen LogP) is 3.27. The van der Waals surface area contributed by atoms with E-state index in [0.717, 1.165) is 10.0 Å². The fraction of sp³-hybridized carbons (Fsp3) is 0.133. The van der Waals surface area contributed by atoms with Gasteiger partial charge in [-0.3, -0.25) is 4.79 Å². The van der Waals surface area contributed by atoms with Gasteiger partial charge in [-0.25, -0.2) is 0 Å². The molecule has 0 aliphatic carbocycles. The normalized spacial score (nSPS) is 10.2. The minimum atomic E-state index is -0.130. The Morgan fingerprint density at radius 2 is 2.05 bits per heavy atom. The van der Waals surface area contributed by atoms with Crippen molar-refractivity contribution in [3.63, 3.8) is 0 Å². The second kappa shape index (κ2) is 5.89. The quantitative estimate of drug-likeness (QED) is 0.853. The number of nitrogens with one attached hydrogen (secondary N) is 1. The molecule has 0 bridgehead atoms. The van der Waals surface area contributed by atoms with E-state index in [1.54, 1.807) is 18.2 Å². The first-order valence-corrected chi connectivity index (χ1v) is 6.74. The van der Waals surface area contributed by atoms with E-state index in [1.165, 1.54) is 5.56 Å². The second-order valence-corrected chi connectivity index (χ2v) is 5.36. The number of hydrogen-bond donors (Lipinski definition) is 2. The fourth-order valence-corrected chi connectivity index (χ4v) is 2.36. The maximum Gasteiger partial charge on any atom is 0.251 e. The van der Waals surface area contributed by atoms with Crippen LogP contribution in [0, 0.1) is 6.92 Å². The van der Waals surface area contributed by atoms with Crippen molar-refractivity contribution in [2.45, 2.75) is 13.5 Å². The number of amides is 1. The van der Waals surface area contributed by atoms with Crippen LogP contribution in [-0.4, -0.2) is 5.91 Å². The van der Waals surface area contributed by atoms with E-state index in [2.05, 4.69) is 27.3 Å². The van der Waals surface area contributed by atoms with Gasteiger partial charge < -0.3 is 11.1 Å². The molecule has 19 heavy (non-hydrogen) atoms. The molecule has 0 fully saturated rings. The van der Waals surface area contributed by atoms with Crippen molar-refractivity contribution in [1.29, 1.82) is 0 Å². The van der Waals surface area contributed by atoms with Gasteiger partial charge in [0.25, 0.3) is 5.91 Å². The highest BCUT2D eigenvalue weighted by Crippen LogP contribution is 2.17. The highest BCUT2D eigenvalue weighted by molar-refractivity contribution is 9.10. The molecule has 2 aromatic carbocycles. The van der Waals surface area contributed by atoms with Crippen LogP contribution in [0.5, 0.6) is 0 Å². The number of carbonyl (C=O) groups excluding carboxylic acids is 1. The van der Waals surface area contributed by atoms with E-state index in [4.69, 9.17) is 5.73 Å². The first kappa shape index (κ1) is 13.6. The van der Waals surface area contributed by atoms with Gasteiger partial charge in [-0.05, 0) is 30.7 Å². The fourth-order valence-electron chi connectivity index (χ4n) is 1.85. The van der Waals surface area contributed by atoms with E-state index < -0.39 is 0 Å². The zero-order valence-electron chi connectivity index (χ0n) is 10.6. The van der Waals surface area contributed by atoms with E-state index in [9.17, 15) is 4.79 Å². The molecule has 4 heteroatoms. The molecule has 3 N–H and O–H groups in total. The molecule has 3 nitrogen and oxygen atoms in total. The summed E-state index contributed by atoms with van der Waals surface area (Å²) >= 11 is 3.33. The van der Waals surface area contributed by atoms with Gasteiger partial charge in [-0.15, -0.1) is 0 Å². The third-order valence-electron chi connectivity index (χ3n) is 2.72. The summed E-state index contributed by atoms with van der Waals surface area (Å²) in [4.78, 5) is 12.0. The molecule has 0 aliphatic heterocycles. The Morgan fingerprint density at radius 3 is 2.74 bits per heavy atom. The van der Waals surface area contributed by atoms with Crippen LogP contribution in [0.2, 0.25) is 0 Å². The first-order chi connectivity index (χ1) is 9.04. The molecule has 1 amide bonds. The number of hydrogen-bond acceptors (Lipinski definition) is 2. The minimum absolute atomic E-state index is 0.130. The molecule has 0 spiro atoms. The standard InChI is InChI=1S/C15H15BrN2O/c1-10-3-2-4-11(5-10)9-18-15(19)12-6-13(16)8-14(17)7-12/h2-8H,9,17H2,1H3,(H,18,19). The second-order valence-electron chi connectivity index (χ2n) is 4.44. The Kier molecular flexibility index (Phi) is 4.22. The van der Waals surface area contributed by atoms with Crippen molar-refractivity contribution in [1.82, 2.24) is 5.32 Å². The van der Waals surface area contributed by atoms with Crippen molar-refractivity contribution in [2.75, 3.05) is 5.73 Å². The lowest BCUT2D eigenvalue weighted by Crippen LogP contribution is -2.22. The minimum Gasteiger partial charge on any atom is -0.399 e. The van der Waals surface area contributed by atoms with E-state index >= 15 is 0 Å². The smallest absolute Gasteiger partial charge is 0.251 e. The van der Waals surface area contributed by atoms with Crippen molar-refractivity contribution in [3.8, 4) is 0 Å². The molecule has 0 saturated carbocycles. The lowest BCUT2D eigenvalue weighted by atomic mass is 10.1. The summed E-state index contributed by atoms with van der Waals surface area (Å²) in [6, 6.07) is 13.2. The molecule has 2 rings (SSSR count). The van der Waals surface area contributed by atoms with Crippen LogP contribution in [0.15, 0.2) is 46.9 Å². The lowest BCUT2D eigenvalue weighted by molar-refractivity contribution is 0.0951. The topological polar surface area (TPSA) is 55.1 Å². The van der Waals surface area contributed by atoms with Crippen molar-refractivity contribution in [3.05, 3.63) is 63.6 Å². The molecule has 0 saturated heterocycles. The van der Waals surface area contributed by atoms with E-state index in [1.807, 2.05) is 25.1 Å². The van der Waals surface area contributed by atoms with E-state index in [0.29, 0.717) is 17.8 Å². The predicted molar refractivity (Wildman–Crippen MR) is 80.9 cm³/mol. The van der Waals surface area contributed by atoms with Crippen molar-refractivity contribution < 1.29 is 4.79 Å². The van der Waals surface area contributed by atoms with Crippen LogP contribution in [0.3, 0.4) is 0 Å². The zero-order chi connectivity index (χ0) is 13.8. The number of halogens is 1. The number of carbonyl (C=O) groups is 1. The molecule has 2 aromatic rings. The van der Waals surface area contributed by atoms with Crippen LogP contribution in [0.4, 0.5) is 5.69 Å². The molecular formula is C15H15BrN2O. The van der Waals surface area contributed by atoms with Gasteiger partial charge >= 0.3 is 0 Å². The highest BCUT2D eigenvalue weighted by Gasteiger charge is 2.07. The van der Waals surface area contributed by atoms with Gasteiger partial charge in [0.15, 0.2) is 0 Å². The Balaban J connectivity index is 2.05. The molecule has 0 radical (unpaired) electrons. The monoisotopic (exact) mass is 318 g/mol. The van der Waals surface area contributed by atoms with Gasteiger partial charge in [0.05, 0.1) is 0 Å². The van der Waals surface area contributed by atoms with Gasteiger partial charge in [-0.2, -0.15) is 0 Å². The third-order valence-corrected chi connectivity index (χ3v) is 3.18. The first-order valence-electron chi connectivity index (χ1n) is 5.94. The maximum absolute atomic E-state index is 12.0. The van der Waals surface area contributed by atoms with Crippen molar-refractivity contribution >= 4 is 27.5 Å². The number of nitrogen functional groups attached to an aromatic ring is 1. The third kappa shape index (κ3) is 3.83. The molecular weight excluding hydrogens is 304 g/mol. The lowest BCUT2D eigenvalue weighted by Gasteiger charge is -2.07. The molecule has 98 valence electrons. The number of benzene rings is 2. The van der Waals surface area contributed by atoms with Crippen LogP contribution >= 0.6 is 15.9 Å². The number of anilines is 1. The molecule has 0 unspecified atom stereocenters. The van der Waals surface area contributed by atoms with Crippen molar-refractivity contribution in [2.24, 2.45) is 0 Å². The van der Waals surface area contributed by atoms with Crippen LogP contribution < -0.4 is 11.1 Å². The van der Waals surface area contributed by atoms with Crippen LogP contribution in [0.25, 0.3) is 0 Å². The Labute approximate surface area is 121 Å². The van der Waals surface area contributed by atoms with Gasteiger partial charge in [-0.1, -0.05) is 45.8 Å². The molecule has 0 aromatic heterocycles. The van der Waals surface area contributed by atoms with E-state index in [-0.39, 0.29) is 5.91 Å². The Morgan fingerprint density at radius 1 is 1.26 bits per heavy atom. The molecule has 0 heterocycles. The van der Waals surface area contributed by atoms with Crippen LogP contribution in [0.1, 0.15) is 21.5 Å². The Bertz CT molecular complexity index is 591. The summed E-state index contributed by atoms with van der Waals surface area (Å²) in [5.41, 5.74) is 9.09. The summed E-state index contributed by atoms with van der Waals surface area (Å²) < 4.78 is 0.799. The summed E-state index contributed by atoms with van der Waals surface area (Å²) in [5.74, 6) is -0.130. The molecule has 0 aliphatic rings. The van der Waals surface area contributed by atoms with Gasteiger partial charge in [0, 0.05) is 22.3 Å². The number of rotatable bonds is 3. The average molecular weight is 319 g/mol. The number of nitrogens with two attached hydrogens (primary N) is 1. The average Bonchev–Trinajstić information content (AvgIpc) is 2.35. The summed E-state index contributed by atoms with van der Waals surface area (Å²) in [6.45, 7) is 2.53. The maximum atomic E-state index is 12.0. The summed E-state index contributed by atoms with van der Waals surface area (Å²) in [6.07, 6.45) is 0. The largest absolute Gasteiger partial charge is 0.399 e. The van der Waals surface area contributed by atoms with Crippen LogP contribution in [-0.2, 0) is 6.54 Å². The summed E-state index contributed by atoms with van der Waals surface area (Å²) in [7, 11) is 0. The Hall–Kier alpha value is -1.81. The van der Waals surface area contributed by atoms with Gasteiger partial charge in [0.2, 0.25) is 0 Å². The molecule has 0 atom stereocenters. The summed E-state index contributed by atoms with van der Waals surface area (Å²) in [5, 5.41) is 2.88. The zero-order valence-corrected chi connectivity index (χ0v) is 12.2. The highest BCUT2D eigenvalue weighted by atomic mass is 79.9. The SMILES string of the molecule is Cc1cccc(CNC(=O)c2cc(N)cc(Br)c2)c1. The van der Waals surface area contributed by atoms with Gasteiger partial charge in [0.1, 0.15) is 0 Å². The number of aryl methyl sites for hydroxylation is 1.